The number of nitrogens with two attached hydrogens (primary N) is 1. The zero-order valence-corrected chi connectivity index (χ0v) is 9.71. The molecule has 2 aromatic carbocycles. The van der Waals surface area contributed by atoms with Crippen molar-refractivity contribution < 1.29 is 0 Å². The van der Waals surface area contributed by atoms with Crippen molar-refractivity contribution >= 4 is 17.4 Å². The van der Waals surface area contributed by atoms with Gasteiger partial charge < -0.3 is 5.43 Å². The molecule has 3 N–H and O–H groups in total. The van der Waals surface area contributed by atoms with E-state index in [0.29, 0.717) is 0 Å². The number of rotatable bonds is 4. The number of hydrazine groups is 1. The van der Waals surface area contributed by atoms with E-state index in [0.717, 1.165) is 11.4 Å². The Morgan fingerprint density at radius 3 is 2.25 bits per heavy atom. The summed E-state index contributed by atoms with van der Waals surface area (Å²) in [7, 11) is 0. The van der Waals surface area contributed by atoms with E-state index in [2.05, 4.69) is 41.8 Å². The Kier molecular flexibility index (Phi) is 3.86. The highest BCUT2D eigenvalue weighted by molar-refractivity contribution is 7.98. The number of hydrogen-bond acceptors (Lipinski definition) is 3. The summed E-state index contributed by atoms with van der Waals surface area (Å²) in [6, 6.07) is 18.6. The van der Waals surface area contributed by atoms with Gasteiger partial charge in [-0.25, -0.2) is 0 Å². The fraction of sp³-hybridized carbons (Fsp3) is 0.0769. The maximum atomic E-state index is 5.31. The quantitative estimate of drug-likeness (QED) is 0.481. The first-order valence-corrected chi connectivity index (χ1v) is 6.10. The van der Waals surface area contributed by atoms with Crippen LogP contribution in [0.5, 0.6) is 0 Å². The molecule has 0 fully saturated rings. The monoisotopic (exact) mass is 230 g/mol. The molecule has 0 bridgehead atoms. The van der Waals surface area contributed by atoms with E-state index in [1.165, 1.54) is 10.5 Å². The van der Waals surface area contributed by atoms with Crippen LogP contribution in [0, 0.1) is 0 Å². The molecular weight excluding hydrogens is 216 g/mol. The van der Waals surface area contributed by atoms with Crippen molar-refractivity contribution in [3.63, 3.8) is 0 Å². The lowest BCUT2D eigenvalue weighted by Gasteiger charge is -2.03. The fourth-order valence-electron chi connectivity index (χ4n) is 1.39. The van der Waals surface area contributed by atoms with E-state index in [9.17, 15) is 0 Å². The van der Waals surface area contributed by atoms with Gasteiger partial charge in [-0.15, -0.1) is 11.8 Å². The van der Waals surface area contributed by atoms with Crippen molar-refractivity contribution in [3.8, 4) is 0 Å². The third-order valence-corrected chi connectivity index (χ3v) is 3.35. The Balaban J connectivity index is 1.94. The predicted octanol–water partition coefficient (Wildman–Crippen LogP) is 3.26. The summed E-state index contributed by atoms with van der Waals surface area (Å²) >= 11 is 1.82. The number of thioether (sulfide) groups is 1. The molecule has 0 atom stereocenters. The average Bonchev–Trinajstić information content (AvgIpc) is 2.38. The molecule has 3 heteroatoms. The molecule has 0 spiro atoms. The smallest absolute Gasteiger partial charge is 0.0485 e. The summed E-state index contributed by atoms with van der Waals surface area (Å²) < 4.78 is 0. The molecule has 0 aromatic heterocycles. The molecule has 0 radical (unpaired) electrons. The average molecular weight is 230 g/mol. The topological polar surface area (TPSA) is 38.0 Å². The van der Waals surface area contributed by atoms with Gasteiger partial charge in [0.2, 0.25) is 0 Å². The van der Waals surface area contributed by atoms with Gasteiger partial charge in [-0.1, -0.05) is 30.3 Å². The van der Waals surface area contributed by atoms with Gasteiger partial charge in [0.1, 0.15) is 0 Å². The Morgan fingerprint density at radius 1 is 0.938 bits per heavy atom. The van der Waals surface area contributed by atoms with Gasteiger partial charge in [0.05, 0.1) is 0 Å². The highest BCUT2D eigenvalue weighted by Gasteiger charge is 1.96. The summed E-state index contributed by atoms with van der Waals surface area (Å²) in [5.41, 5.74) is 4.89. The Hall–Kier alpha value is -1.45. The van der Waals surface area contributed by atoms with Crippen LogP contribution < -0.4 is 11.3 Å². The number of hydrogen-bond donors (Lipinski definition) is 2. The van der Waals surface area contributed by atoms with E-state index in [1.807, 2.05) is 30.0 Å². The summed E-state index contributed by atoms with van der Waals surface area (Å²) in [5.74, 6) is 6.30. The van der Waals surface area contributed by atoms with Gasteiger partial charge in [-0.3, -0.25) is 5.84 Å². The standard InChI is InChI=1S/C13H14N2S/c14-15-12-6-8-13(9-7-12)16-10-11-4-2-1-3-5-11/h1-9,15H,10,14H2. The Labute approximate surface area is 99.8 Å². The van der Waals surface area contributed by atoms with Gasteiger partial charge in [-0.2, -0.15) is 0 Å². The van der Waals surface area contributed by atoms with Crippen LogP contribution in [-0.2, 0) is 5.75 Å². The van der Waals surface area contributed by atoms with Crippen molar-refractivity contribution in [2.45, 2.75) is 10.6 Å². The lowest BCUT2D eigenvalue weighted by molar-refractivity contribution is 1.32. The summed E-state index contributed by atoms with van der Waals surface area (Å²) in [6.45, 7) is 0. The van der Waals surface area contributed by atoms with Crippen molar-refractivity contribution in [1.82, 2.24) is 0 Å². The van der Waals surface area contributed by atoms with E-state index < -0.39 is 0 Å². The van der Waals surface area contributed by atoms with Gasteiger partial charge in [0, 0.05) is 16.3 Å². The van der Waals surface area contributed by atoms with Gasteiger partial charge in [-0.05, 0) is 29.8 Å². The van der Waals surface area contributed by atoms with Crippen LogP contribution in [0.3, 0.4) is 0 Å². The molecule has 0 aliphatic rings. The molecule has 82 valence electrons. The highest BCUT2D eigenvalue weighted by atomic mass is 32.2. The third-order valence-electron chi connectivity index (χ3n) is 2.27. The SMILES string of the molecule is NNc1ccc(SCc2ccccc2)cc1. The molecule has 0 unspecified atom stereocenters. The molecule has 16 heavy (non-hydrogen) atoms. The summed E-state index contributed by atoms with van der Waals surface area (Å²) in [5, 5.41) is 0. The van der Waals surface area contributed by atoms with Crippen LogP contribution in [0.4, 0.5) is 5.69 Å². The second-order valence-corrected chi connectivity index (χ2v) is 4.49. The largest absolute Gasteiger partial charge is 0.324 e. The molecule has 0 saturated carbocycles. The fourth-order valence-corrected chi connectivity index (χ4v) is 2.24. The number of nitrogens with one attached hydrogen (secondary N) is 1. The molecule has 0 aliphatic carbocycles. The maximum Gasteiger partial charge on any atom is 0.0485 e. The van der Waals surface area contributed by atoms with E-state index in [4.69, 9.17) is 5.84 Å². The minimum absolute atomic E-state index is 0.934. The number of anilines is 1. The first-order chi connectivity index (χ1) is 7.88. The second kappa shape index (κ2) is 5.58. The van der Waals surface area contributed by atoms with Crippen LogP contribution >= 0.6 is 11.8 Å². The molecule has 2 rings (SSSR count). The minimum atomic E-state index is 0.934. The van der Waals surface area contributed by atoms with Gasteiger partial charge in [0.15, 0.2) is 0 Å². The number of benzene rings is 2. The zero-order valence-electron chi connectivity index (χ0n) is 8.89. The van der Waals surface area contributed by atoms with Crippen molar-refractivity contribution in [2.75, 3.05) is 5.43 Å². The van der Waals surface area contributed by atoms with Crippen LogP contribution in [0.2, 0.25) is 0 Å². The van der Waals surface area contributed by atoms with E-state index >= 15 is 0 Å². The highest BCUT2D eigenvalue weighted by Crippen LogP contribution is 2.23. The normalized spacial score (nSPS) is 10.1. The van der Waals surface area contributed by atoms with Crippen molar-refractivity contribution in [3.05, 3.63) is 60.2 Å². The van der Waals surface area contributed by atoms with Crippen LogP contribution in [-0.4, -0.2) is 0 Å². The third kappa shape index (κ3) is 3.02. The van der Waals surface area contributed by atoms with Gasteiger partial charge >= 0.3 is 0 Å². The molecule has 0 saturated heterocycles. The van der Waals surface area contributed by atoms with Crippen LogP contribution in [0.15, 0.2) is 59.5 Å². The summed E-state index contributed by atoms with van der Waals surface area (Å²) in [6.07, 6.45) is 0. The molecule has 2 aromatic rings. The maximum absolute atomic E-state index is 5.31. The number of nitrogen functional groups attached to an aromatic ring is 1. The second-order valence-electron chi connectivity index (χ2n) is 3.44. The lowest BCUT2D eigenvalue weighted by Crippen LogP contribution is -2.05. The molecule has 0 heterocycles. The summed E-state index contributed by atoms with van der Waals surface area (Å²) in [4.78, 5) is 1.25. The zero-order chi connectivity index (χ0) is 11.2. The Bertz CT molecular complexity index is 425. The van der Waals surface area contributed by atoms with E-state index in [1.54, 1.807) is 0 Å². The van der Waals surface area contributed by atoms with Crippen molar-refractivity contribution in [2.24, 2.45) is 5.84 Å². The first kappa shape index (κ1) is 11.0. The minimum Gasteiger partial charge on any atom is -0.324 e. The molecule has 0 amide bonds. The first-order valence-electron chi connectivity index (χ1n) is 5.12. The lowest BCUT2D eigenvalue weighted by atomic mass is 10.2. The molecular formula is C13H14N2S. The molecule has 2 nitrogen and oxygen atoms in total. The molecule has 0 aliphatic heterocycles. The van der Waals surface area contributed by atoms with Gasteiger partial charge in [0.25, 0.3) is 0 Å². The predicted molar refractivity (Wildman–Crippen MR) is 70.3 cm³/mol. The van der Waals surface area contributed by atoms with Crippen LogP contribution in [0.1, 0.15) is 5.56 Å². The van der Waals surface area contributed by atoms with Crippen LogP contribution in [0.25, 0.3) is 0 Å². The van der Waals surface area contributed by atoms with Crippen molar-refractivity contribution in [1.29, 1.82) is 0 Å². The Morgan fingerprint density at radius 2 is 1.62 bits per heavy atom. The van der Waals surface area contributed by atoms with E-state index in [-0.39, 0.29) is 0 Å².